The minimum absolute atomic E-state index is 0.0728. The largest absolute Gasteiger partial charge is 0.493 e. The van der Waals surface area contributed by atoms with E-state index in [0.717, 1.165) is 45.6 Å². The van der Waals surface area contributed by atoms with Crippen LogP contribution >= 0.6 is 11.6 Å². The zero-order valence-electron chi connectivity index (χ0n) is 21.1. The van der Waals surface area contributed by atoms with Crippen LogP contribution in [0.2, 0.25) is 5.02 Å². The third-order valence-corrected chi connectivity index (χ3v) is 6.74. The van der Waals surface area contributed by atoms with Crippen molar-refractivity contribution in [2.75, 3.05) is 71.4 Å². The molecule has 0 spiro atoms. The lowest BCUT2D eigenvalue weighted by Gasteiger charge is -2.38. The van der Waals surface area contributed by atoms with E-state index in [4.69, 9.17) is 31.5 Å². The number of nitrogens with zero attached hydrogens (tertiary/aromatic N) is 2. The molecule has 0 bridgehead atoms. The Morgan fingerprint density at radius 3 is 2.64 bits per heavy atom. The summed E-state index contributed by atoms with van der Waals surface area (Å²) in [4.78, 5) is 40.1. The molecule has 2 saturated heterocycles. The number of anilines is 1. The van der Waals surface area contributed by atoms with Gasteiger partial charge < -0.3 is 25.3 Å². The Labute approximate surface area is 217 Å². The van der Waals surface area contributed by atoms with Crippen LogP contribution in [-0.2, 0) is 19.1 Å². The standard InChI is InChI=1S/C25H37ClN4O6/c1-3-34-24-11-23(27)22(26)10-21(24)25(33)28-12-20-15-30(8-9-35-20)13-18-4-6-29(7-5-18)14-19(32)16-36-17(2)31/h10-11,18,20H,3-9,12-16,27H2,1-2H3,(H,28,33). The minimum Gasteiger partial charge on any atom is -0.493 e. The normalized spacial score (nSPS) is 19.6. The van der Waals surface area contributed by atoms with Gasteiger partial charge in [0.25, 0.3) is 5.91 Å². The van der Waals surface area contributed by atoms with Crippen LogP contribution < -0.4 is 15.8 Å². The first kappa shape index (κ1) is 28.2. The molecule has 2 aliphatic heterocycles. The number of nitrogens with one attached hydrogen (secondary N) is 1. The quantitative estimate of drug-likeness (QED) is 0.328. The molecular weight excluding hydrogens is 488 g/mol. The lowest BCUT2D eigenvalue weighted by Crippen LogP contribution is -2.49. The maximum absolute atomic E-state index is 12.8. The highest BCUT2D eigenvalue weighted by Crippen LogP contribution is 2.29. The van der Waals surface area contributed by atoms with Crippen LogP contribution in [-0.4, -0.2) is 99.2 Å². The number of halogens is 1. The van der Waals surface area contributed by atoms with Crippen molar-refractivity contribution >= 4 is 34.9 Å². The first-order chi connectivity index (χ1) is 17.2. The molecule has 1 unspecified atom stereocenters. The second-order valence-corrected chi connectivity index (χ2v) is 9.71. The Morgan fingerprint density at radius 2 is 1.94 bits per heavy atom. The number of piperidine rings is 1. The molecule has 1 amide bonds. The van der Waals surface area contributed by atoms with Crippen LogP contribution in [0.4, 0.5) is 5.69 Å². The first-order valence-corrected chi connectivity index (χ1v) is 12.8. The van der Waals surface area contributed by atoms with Crippen molar-refractivity contribution in [1.29, 1.82) is 0 Å². The molecule has 1 atom stereocenters. The van der Waals surface area contributed by atoms with E-state index in [-0.39, 0.29) is 24.4 Å². The van der Waals surface area contributed by atoms with E-state index < -0.39 is 5.97 Å². The van der Waals surface area contributed by atoms with E-state index >= 15 is 0 Å². The number of hydrogen-bond donors (Lipinski definition) is 2. The summed E-state index contributed by atoms with van der Waals surface area (Å²) in [5, 5.41) is 3.25. The predicted molar refractivity (Wildman–Crippen MR) is 136 cm³/mol. The van der Waals surface area contributed by atoms with Crippen LogP contribution in [0.15, 0.2) is 12.1 Å². The highest BCUT2D eigenvalue weighted by atomic mass is 35.5. The van der Waals surface area contributed by atoms with Crippen molar-refractivity contribution in [1.82, 2.24) is 15.1 Å². The fourth-order valence-electron chi connectivity index (χ4n) is 4.56. The van der Waals surface area contributed by atoms with Crippen molar-refractivity contribution in [3.05, 3.63) is 22.7 Å². The maximum Gasteiger partial charge on any atom is 0.303 e. The average Bonchev–Trinajstić information content (AvgIpc) is 2.85. The number of benzene rings is 1. The van der Waals surface area contributed by atoms with Crippen LogP contribution in [0, 0.1) is 5.92 Å². The summed E-state index contributed by atoms with van der Waals surface area (Å²) >= 11 is 6.12. The molecule has 2 heterocycles. The van der Waals surface area contributed by atoms with E-state index in [1.807, 2.05) is 6.92 Å². The van der Waals surface area contributed by atoms with Gasteiger partial charge in [0.15, 0.2) is 12.4 Å². The van der Waals surface area contributed by atoms with E-state index in [1.54, 1.807) is 6.07 Å². The number of nitrogen functional groups attached to an aromatic ring is 1. The number of Topliss-reactive ketones (excluding diaryl/α,β-unsaturated/α-hetero) is 1. The Morgan fingerprint density at radius 1 is 1.19 bits per heavy atom. The summed E-state index contributed by atoms with van der Waals surface area (Å²) in [6, 6.07) is 3.10. The number of ketones is 1. The second kappa shape index (κ2) is 13.8. The van der Waals surface area contributed by atoms with Gasteiger partial charge in [0.1, 0.15) is 5.75 Å². The van der Waals surface area contributed by atoms with Gasteiger partial charge >= 0.3 is 5.97 Å². The Bertz CT molecular complexity index is 922. The molecule has 36 heavy (non-hydrogen) atoms. The number of amides is 1. The number of nitrogens with two attached hydrogens (primary N) is 1. The molecule has 1 aromatic carbocycles. The highest BCUT2D eigenvalue weighted by molar-refractivity contribution is 6.33. The van der Waals surface area contributed by atoms with Crippen LogP contribution in [0.25, 0.3) is 0 Å². The van der Waals surface area contributed by atoms with Gasteiger partial charge in [-0.2, -0.15) is 0 Å². The van der Waals surface area contributed by atoms with Gasteiger partial charge in [-0.1, -0.05) is 11.6 Å². The number of ether oxygens (including phenoxy) is 3. The molecular formula is C25H37ClN4O6. The van der Waals surface area contributed by atoms with Crippen molar-refractivity contribution in [2.24, 2.45) is 5.92 Å². The summed E-state index contributed by atoms with van der Waals surface area (Å²) in [6.07, 6.45) is 1.91. The van der Waals surface area contributed by atoms with Gasteiger partial charge in [-0.25, -0.2) is 0 Å². The van der Waals surface area contributed by atoms with Gasteiger partial charge in [-0.3, -0.25) is 24.2 Å². The third kappa shape index (κ3) is 8.62. The summed E-state index contributed by atoms with van der Waals surface area (Å²) < 4.78 is 16.2. The number of carbonyl (C=O) groups is 3. The summed E-state index contributed by atoms with van der Waals surface area (Å²) in [5.74, 6) is 0.162. The molecule has 0 radical (unpaired) electrons. The zero-order chi connectivity index (χ0) is 26.1. The van der Waals surface area contributed by atoms with Gasteiger partial charge in [-0.15, -0.1) is 0 Å². The second-order valence-electron chi connectivity index (χ2n) is 9.30. The van der Waals surface area contributed by atoms with Crippen LogP contribution in [0.3, 0.4) is 0 Å². The van der Waals surface area contributed by atoms with Crippen molar-refractivity contribution in [2.45, 2.75) is 32.8 Å². The number of esters is 1. The highest BCUT2D eigenvalue weighted by Gasteiger charge is 2.27. The molecule has 0 saturated carbocycles. The number of likely N-dealkylation sites (tertiary alicyclic amines) is 1. The Balaban J connectivity index is 1.41. The van der Waals surface area contributed by atoms with E-state index in [2.05, 4.69) is 15.1 Å². The topological polar surface area (TPSA) is 123 Å². The van der Waals surface area contributed by atoms with Gasteiger partial charge in [-0.05, 0) is 44.8 Å². The molecule has 200 valence electrons. The van der Waals surface area contributed by atoms with Gasteiger partial charge in [0.2, 0.25) is 0 Å². The van der Waals surface area contributed by atoms with Gasteiger partial charge in [0, 0.05) is 39.2 Å². The predicted octanol–water partition coefficient (Wildman–Crippen LogP) is 1.60. The first-order valence-electron chi connectivity index (χ1n) is 12.5. The number of rotatable bonds is 11. The lowest BCUT2D eigenvalue weighted by atomic mass is 9.95. The Hall–Kier alpha value is -2.40. The molecule has 2 aliphatic rings. The lowest BCUT2D eigenvalue weighted by molar-refractivity contribution is -0.146. The van der Waals surface area contributed by atoms with Gasteiger partial charge in [0.05, 0.1) is 42.1 Å². The molecule has 0 aliphatic carbocycles. The fourth-order valence-corrected chi connectivity index (χ4v) is 4.73. The molecule has 0 aromatic heterocycles. The van der Waals surface area contributed by atoms with E-state index in [1.165, 1.54) is 13.0 Å². The van der Waals surface area contributed by atoms with Crippen LogP contribution in [0.5, 0.6) is 5.75 Å². The molecule has 3 N–H and O–H groups in total. The van der Waals surface area contributed by atoms with E-state index in [0.29, 0.717) is 54.2 Å². The fraction of sp³-hybridized carbons (Fsp3) is 0.640. The minimum atomic E-state index is -0.435. The molecule has 2 fully saturated rings. The Kier molecular flexibility index (Phi) is 10.8. The van der Waals surface area contributed by atoms with Crippen molar-refractivity contribution in [3.63, 3.8) is 0 Å². The number of morpholine rings is 1. The number of hydrogen-bond acceptors (Lipinski definition) is 9. The summed E-state index contributed by atoms with van der Waals surface area (Å²) in [6.45, 7) is 8.98. The number of carbonyl (C=O) groups excluding carboxylic acids is 3. The molecule has 10 nitrogen and oxygen atoms in total. The SMILES string of the molecule is CCOc1cc(N)c(Cl)cc1C(=O)NCC1CN(CC2CCN(CC(=O)COC(C)=O)CC2)CCO1. The van der Waals surface area contributed by atoms with Crippen molar-refractivity contribution < 1.29 is 28.6 Å². The van der Waals surface area contributed by atoms with Crippen LogP contribution in [0.1, 0.15) is 37.0 Å². The molecule has 3 rings (SSSR count). The maximum atomic E-state index is 12.8. The van der Waals surface area contributed by atoms with E-state index in [9.17, 15) is 14.4 Å². The molecule has 1 aromatic rings. The smallest absolute Gasteiger partial charge is 0.303 e. The monoisotopic (exact) mass is 524 g/mol. The summed E-state index contributed by atoms with van der Waals surface area (Å²) in [7, 11) is 0. The van der Waals surface area contributed by atoms with Crippen molar-refractivity contribution in [3.8, 4) is 5.75 Å². The average molecular weight is 525 g/mol. The zero-order valence-corrected chi connectivity index (χ0v) is 21.8. The molecule has 11 heteroatoms. The third-order valence-electron chi connectivity index (χ3n) is 6.42. The summed E-state index contributed by atoms with van der Waals surface area (Å²) in [5.41, 5.74) is 6.56.